The van der Waals surface area contributed by atoms with Gasteiger partial charge in [-0.25, -0.2) is 0 Å². The molecule has 0 saturated carbocycles. The number of benzene rings is 2. The van der Waals surface area contributed by atoms with Crippen LogP contribution in [0.2, 0.25) is 5.02 Å². The van der Waals surface area contributed by atoms with Crippen LogP contribution in [-0.4, -0.2) is 11.7 Å². The first kappa shape index (κ1) is 17.8. The van der Waals surface area contributed by atoms with Crippen LogP contribution >= 0.6 is 11.6 Å². The summed E-state index contributed by atoms with van der Waals surface area (Å²) in [6.07, 6.45) is 0. The summed E-state index contributed by atoms with van der Waals surface area (Å²) in [6.45, 7) is 1.65. The molecule has 0 atom stereocenters. The maximum absolute atomic E-state index is 12.3. The summed E-state index contributed by atoms with van der Waals surface area (Å²) in [7, 11) is 0. The molecule has 0 aliphatic rings. The number of ketones is 1. The van der Waals surface area contributed by atoms with Crippen LogP contribution in [0, 0.1) is 0 Å². The van der Waals surface area contributed by atoms with E-state index in [-0.39, 0.29) is 18.2 Å². The Kier molecular flexibility index (Phi) is 5.39. The molecular formula is C20H16ClNO4. The Morgan fingerprint density at radius 3 is 2.65 bits per heavy atom. The molecule has 5 nitrogen and oxygen atoms in total. The minimum absolute atomic E-state index is 0.0699. The van der Waals surface area contributed by atoms with Crippen molar-refractivity contribution in [3.8, 4) is 5.75 Å². The number of ether oxygens (including phenoxy) is 1. The van der Waals surface area contributed by atoms with E-state index in [0.717, 1.165) is 0 Å². The van der Waals surface area contributed by atoms with Crippen LogP contribution in [0.15, 0.2) is 65.1 Å². The molecule has 6 heteroatoms. The molecule has 0 aliphatic carbocycles. The molecule has 3 rings (SSSR count). The van der Waals surface area contributed by atoms with E-state index >= 15 is 0 Å². The fraction of sp³-hybridized carbons (Fsp3) is 0.100. The number of rotatable bonds is 6. The Balaban J connectivity index is 1.62. The third-order valence-electron chi connectivity index (χ3n) is 3.59. The largest absolute Gasteiger partial charge is 0.486 e. The van der Waals surface area contributed by atoms with E-state index in [2.05, 4.69) is 5.32 Å². The lowest BCUT2D eigenvalue weighted by Gasteiger charge is -2.05. The third-order valence-corrected chi connectivity index (χ3v) is 3.82. The van der Waals surface area contributed by atoms with E-state index in [4.69, 9.17) is 20.8 Å². The molecule has 1 aromatic heterocycles. The van der Waals surface area contributed by atoms with Gasteiger partial charge in [-0.3, -0.25) is 9.59 Å². The number of nitrogens with one attached hydrogen (secondary N) is 1. The van der Waals surface area contributed by atoms with E-state index in [1.54, 1.807) is 60.7 Å². The highest BCUT2D eigenvalue weighted by molar-refractivity contribution is 6.30. The highest BCUT2D eigenvalue weighted by Gasteiger charge is 2.12. The Hall–Kier alpha value is -3.05. The molecule has 1 N–H and O–H groups in total. The van der Waals surface area contributed by atoms with Gasteiger partial charge in [-0.15, -0.1) is 0 Å². The Morgan fingerprint density at radius 2 is 1.88 bits per heavy atom. The maximum atomic E-state index is 12.3. The molecule has 0 unspecified atom stereocenters. The van der Waals surface area contributed by atoms with Gasteiger partial charge < -0.3 is 14.5 Å². The molecule has 2 aromatic carbocycles. The van der Waals surface area contributed by atoms with Gasteiger partial charge in [-0.2, -0.15) is 0 Å². The predicted octanol–water partition coefficient (Wildman–Crippen LogP) is 4.97. The number of hydrogen-bond acceptors (Lipinski definition) is 4. The fourth-order valence-electron chi connectivity index (χ4n) is 2.30. The summed E-state index contributed by atoms with van der Waals surface area (Å²) in [5.74, 6) is 0.802. The lowest BCUT2D eigenvalue weighted by atomic mass is 10.1. The minimum atomic E-state index is -0.403. The summed E-state index contributed by atoms with van der Waals surface area (Å²) < 4.78 is 11.1. The van der Waals surface area contributed by atoms with Crippen molar-refractivity contribution in [3.05, 3.63) is 82.8 Å². The van der Waals surface area contributed by atoms with Crippen LogP contribution in [0.1, 0.15) is 33.6 Å². The molecule has 0 radical (unpaired) electrons. The van der Waals surface area contributed by atoms with Gasteiger partial charge >= 0.3 is 0 Å². The van der Waals surface area contributed by atoms with Crippen molar-refractivity contribution in [3.63, 3.8) is 0 Å². The van der Waals surface area contributed by atoms with Crippen LogP contribution in [-0.2, 0) is 6.61 Å². The highest BCUT2D eigenvalue weighted by atomic mass is 35.5. The quantitative estimate of drug-likeness (QED) is 0.623. The number of hydrogen-bond donors (Lipinski definition) is 1. The summed E-state index contributed by atoms with van der Waals surface area (Å²) in [5, 5.41) is 3.28. The van der Waals surface area contributed by atoms with Crippen LogP contribution in [0.4, 0.5) is 5.69 Å². The molecule has 26 heavy (non-hydrogen) atoms. The van der Waals surface area contributed by atoms with Gasteiger partial charge in [0.05, 0.1) is 0 Å². The zero-order chi connectivity index (χ0) is 18.5. The van der Waals surface area contributed by atoms with Gasteiger partial charge in [0.1, 0.15) is 18.1 Å². The highest BCUT2D eigenvalue weighted by Crippen LogP contribution is 2.19. The van der Waals surface area contributed by atoms with Crippen molar-refractivity contribution in [1.29, 1.82) is 0 Å². The zero-order valence-corrected chi connectivity index (χ0v) is 14.7. The standard InChI is InChI=1S/C20H16ClNO4/c1-13(23)14-4-2-6-16(10-14)22-20(24)19-9-8-18(26-19)12-25-17-7-3-5-15(21)11-17/h2-11H,12H2,1H3,(H,22,24). The van der Waals surface area contributed by atoms with Crippen molar-refractivity contribution in [2.45, 2.75) is 13.5 Å². The Bertz CT molecular complexity index is 948. The number of anilines is 1. The average Bonchev–Trinajstić information content (AvgIpc) is 3.09. The second-order valence-corrected chi connectivity index (χ2v) is 6.04. The van der Waals surface area contributed by atoms with E-state index in [9.17, 15) is 9.59 Å². The van der Waals surface area contributed by atoms with Crippen molar-refractivity contribution >= 4 is 29.0 Å². The zero-order valence-electron chi connectivity index (χ0n) is 14.0. The van der Waals surface area contributed by atoms with Crippen LogP contribution in [0.5, 0.6) is 5.75 Å². The molecule has 1 heterocycles. The number of Topliss-reactive ketones (excluding diaryl/α,β-unsaturated/α-hetero) is 1. The third kappa shape index (κ3) is 4.52. The number of carbonyl (C=O) groups is 2. The monoisotopic (exact) mass is 369 g/mol. The molecule has 0 spiro atoms. The Morgan fingerprint density at radius 1 is 1.08 bits per heavy atom. The number of amides is 1. The molecule has 0 fully saturated rings. The second-order valence-electron chi connectivity index (χ2n) is 5.60. The van der Waals surface area contributed by atoms with Crippen molar-refractivity contribution < 1.29 is 18.7 Å². The molecule has 0 aliphatic heterocycles. The van der Waals surface area contributed by atoms with Crippen LogP contribution in [0.3, 0.4) is 0 Å². The molecule has 0 saturated heterocycles. The smallest absolute Gasteiger partial charge is 0.291 e. The van der Waals surface area contributed by atoms with E-state index in [0.29, 0.717) is 27.8 Å². The molecular weight excluding hydrogens is 354 g/mol. The number of furan rings is 1. The number of halogens is 1. The first-order valence-corrected chi connectivity index (χ1v) is 8.28. The van der Waals surface area contributed by atoms with Gasteiger partial charge in [0.25, 0.3) is 5.91 Å². The fourth-order valence-corrected chi connectivity index (χ4v) is 2.48. The number of carbonyl (C=O) groups excluding carboxylic acids is 2. The lowest BCUT2D eigenvalue weighted by molar-refractivity contribution is 0.0988. The van der Waals surface area contributed by atoms with Crippen LogP contribution < -0.4 is 10.1 Å². The summed E-state index contributed by atoms with van der Waals surface area (Å²) in [5.41, 5.74) is 1.05. The van der Waals surface area contributed by atoms with Gasteiger partial charge in [-0.05, 0) is 49.4 Å². The first-order chi connectivity index (χ1) is 12.5. The predicted molar refractivity (Wildman–Crippen MR) is 98.9 cm³/mol. The summed E-state index contributed by atoms with van der Waals surface area (Å²) in [6, 6.07) is 17.0. The van der Waals surface area contributed by atoms with Gasteiger partial charge in [-0.1, -0.05) is 29.8 Å². The van der Waals surface area contributed by atoms with Gasteiger partial charge in [0.2, 0.25) is 0 Å². The molecule has 132 valence electrons. The average molecular weight is 370 g/mol. The topological polar surface area (TPSA) is 68.5 Å². The van der Waals surface area contributed by atoms with Gasteiger partial charge in [0.15, 0.2) is 11.5 Å². The van der Waals surface area contributed by atoms with Crippen molar-refractivity contribution in [2.24, 2.45) is 0 Å². The van der Waals surface area contributed by atoms with Gasteiger partial charge in [0, 0.05) is 16.3 Å². The molecule has 0 bridgehead atoms. The molecule has 3 aromatic rings. The van der Waals surface area contributed by atoms with Crippen molar-refractivity contribution in [1.82, 2.24) is 0 Å². The minimum Gasteiger partial charge on any atom is -0.486 e. The van der Waals surface area contributed by atoms with E-state index in [1.807, 2.05) is 0 Å². The van der Waals surface area contributed by atoms with Crippen LogP contribution in [0.25, 0.3) is 0 Å². The van der Waals surface area contributed by atoms with E-state index in [1.165, 1.54) is 6.92 Å². The molecule has 1 amide bonds. The summed E-state index contributed by atoms with van der Waals surface area (Å²) in [4.78, 5) is 23.7. The summed E-state index contributed by atoms with van der Waals surface area (Å²) >= 11 is 5.90. The first-order valence-electron chi connectivity index (χ1n) is 7.91. The lowest BCUT2D eigenvalue weighted by Crippen LogP contribution is -2.11. The SMILES string of the molecule is CC(=O)c1cccc(NC(=O)c2ccc(COc3cccc(Cl)c3)o2)c1. The maximum Gasteiger partial charge on any atom is 0.291 e. The Labute approximate surface area is 155 Å². The van der Waals surface area contributed by atoms with Crippen molar-refractivity contribution in [2.75, 3.05) is 5.32 Å². The van der Waals surface area contributed by atoms with E-state index < -0.39 is 5.91 Å². The normalized spacial score (nSPS) is 10.4. The second kappa shape index (κ2) is 7.89.